The van der Waals surface area contributed by atoms with Crippen molar-refractivity contribution in [3.63, 3.8) is 0 Å². The third-order valence-electron chi connectivity index (χ3n) is 5.93. The van der Waals surface area contributed by atoms with E-state index in [2.05, 4.69) is 15.0 Å². The first-order valence-corrected chi connectivity index (χ1v) is 13.2. The van der Waals surface area contributed by atoms with Crippen molar-refractivity contribution in [3.8, 4) is 0 Å². The lowest BCUT2D eigenvalue weighted by molar-refractivity contribution is -0.119. The summed E-state index contributed by atoms with van der Waals surface area (Å²) >= 11 is 13.5. The van der Waals surface area contributed by atoms with Crippen LogP contribution in [0.3, 0.4) is 0 Å². The number of hydrogen-bond donors (Lipinski definition) is 1. The van der Waals surface area contributed by atoms with E-state index in [1.165, 1.54) is 24.9 Å². The van der Waals surface area contributed by atoms with Crippen LogP contribution in [-0.2, 0) is 14.3 Å². The number of allylic oxidation sites excluding steroid dienone is 3. The van der Waals surface area contributed by atoms with E-state index in [-0.39, 0.29) is 23.3 Å². The minimum atomic E-state index is -0.758. The number of benzene rings is 1. The van der Waals surface area contributed by atoms with Gasteiger partial charge in [-0.2, -0.15) is 0 Å². The number of ether oxygens (including phenoxy) is 2. The molecule has 2 heterocycles. The molecule has 8 nitrogen and oxygen atoms in total. The van der Waals surface area contributed by atoms with Crippen LogP contribution in [-0.4, -0.2) is 68.5 Å². The summed E-state index contributed by atoms with van der Waals surface area (Å²) in [5, 5.41) is 4.72. The molecule has 1 saturated heterocycles. The number of rotatable bonds is 8. The second kappa shape index (κ2) is 12.3. The number of carbonyl (C=O) groups excluding carboxylic acids is 2. The number of nitrogens with zero attached hydrogens (tertiary/aromatic N) is 1. The number of nitrogens with one attached hydrogen (secondary N) is 1. The van der Waals surface area contributed by atoms with Crippen LogP contribution in [0.5, 0.6) is 0 Å². The van der Waals surface area contributed by atoms with Gasteiger partial charge < -0.3 is 19.2 Å². The number of carbonyl (C=O) groups is 2. The van der Waals surface area contributed by atoms with Gasteiger partial charge in [-0.15, -0.1) is 11.8 Å². The molecule has 36 heavy (non-hydrogen) atoms. The number of esters is 1. The van der Waals surface area contributed by atoms with Crippen LogP contribution >= 0.6 is 35.0 Å². The Morgan fingerprint density at radius 2 is 2.08 bits per heavy atom. The number of halogens is 2. The average molecular weight is 553 g/mol. The summed E-state index contributed by atoms with van der Waals surface area (Å²) in [6.45, 7) is 3.45. The summed E-state index contributed by atoms with van der Waals surface area (Å²) in [6.07, 6.45) is 4.73. The van der Waals surface area contributed by atoms with Gasteiger partial charge in [0, 0.05) is 36.5 Å². The summed E-state index contributed by atoms with van der Waals surface area (Å²) < 4.78 is 15.6. The van der Waals surface area contributed by atoms with Crippen molar-refractivity contribution in [3.05, 3.63) is 62.5 Å². The number of hydrogen-bond acceptors (Lipinski definition) is 8. The van der Waals surface area contributed by atoms with Gasteiger partial charge in [0.15, 0.2) is 0 Å². The number of fused-ring (bicyclic) bond motifs is 1. The first kappa shape index (κ1) is 26.8. The summed E-state index contributed by atoms with van der Waals surface area (Å²) in [4.78, 5) is 39.3. The zero-order valence-electron chi connectivity index (χ0n) is 19.6. The number of morpholine rings is 1. The van der Waals surface area contributed by atoms with Crippen LogP contribution < -0.4 is 10.9 Å². The lowest BCUT2D eigenvalue weighted by Crippen LogP contribution is -2.48. The molecule has 1 amide bonds. The molecule has 1 N–H and O–H groups in total. The molecular weight excluding hydrogens is 527 g/mol. The second-order valence-corrected chi connectivity index (χ2v) is 10.4. The van der Waals surface area contributed by atoms with Crippen molar-refractivity contribution in [2.24, 2.45) is 5.92 Å². The van der Waals surface area contributed by atoms with Gasteiger partial charge in [0.05, 0.1) is 35.6 Å². The quantitative estimate of drug-likeness (QED) is 0.300. The zero-order chi connectivity index (χ0) is 25.7. The largest absolute Gasteiger partial charge is 0.465 e. The van der Waals surface area contributed by atoms with Crippen molar-refractivity contribution in [2.75, 3.05) is 45.6 Å². The number of thioether (sulfide) groups is 1. The van der Waals surface area contributed by atoms with Crippen LogP contribution in [0.2, 0.25) is 0 Å². The Balaban J connectivity index is 1.25. The Bertz CT molecular complexity index is 1260. The van der Waals surface area contributed by atoms with Crippen LogP contribution in [0.1, 0.15) is 16.8 Å². The first-order valence-electron chi connectivity index (χ1n) is 11.5. The van der Waals surface area contributed by atoms with E-state index < -0.39 is 11.6 Å². The topological polar surface area (TPSA) is 98.1 Å². The Kier molecular flexibility index (Phi) is 9.14. The molecular formula is C25H26Cl2N2O6S. The van der Waals surface area contributed by atoms with Crippen LogP contribution in [0.4, 0.5) is 0 Å². The second-order valence-electron chi connectivity index (χ2n) is 8.55. The average Bonchev–Trinajstić information content (AvgIpc) is 2.87. The van der Waals surface area contributed by atoms with E-state index in [4.69, 9.17) is 32.4 Å². The van der Waals surface area contributed by atoms with E-state index in [9.17, 15) is 14.4 Å². The van der Waals surface area contributed by atoms with E-state index >= 15 is 0 Å². The zero-order valence-corrected chi connectivity index (χ0v) is 22.0. The molecule has 11 heteroatoms. The fourth-order valence-electron chi connectivity index (χ4n) is 4.11. The molecule has 0 bridgehead atoms. The Hall–Kier alpha value is -2.30. The first-order chi connectivity index (χ1) is 17.3. The lowest BCUT2D eigenvalue weighted by atomic mass is 9.99. The molecule has 1 aromatic carbocycles. The molecule has 1 unspecified atom stereocenters. The maximum atomic E-state index is 12.5. The highest BCUT2D eigenvalue weighted by Gasteiger charge is 2.24. The molecule has 1 aliphatic heterocycles. The molecule has 2 atom stereocenters. The summed E-state index contributed by atoms with van der Waals surface area (Å²) in [6, 6.07) is 6.60. The Morgan fingerprint density at radius 1 is 1.25 bits per heavy atom. The third-order valence-corrected chi connectivity index (χ3v) is 7.71. The Labute approximate surface area is 222 Å². The van der Waals surface area contributed by atoms with Gasteiger partial charge in [-0.25, -0.2) is 9.59 Å². The van der Waals surface area contributed by atoms with Gasteiger partial charge in [-0.3, -0.25) is 9.69 Å². The highest BCUT2D eigenvalue weighted by atomic mass is 35.5. The summed E-state index contributed by atoms with van der Waals surface area (Å²) in [7, 11) is 1.20. The maximum absolute atomic E-state index is 12.5. The van der Waals surface area contributed by atoms with Crippen molar-refractivity contribution in [1.29, 1.82) is 0 Å². The van der Waals surface area contributed by atoms with Crippen LogP contribution in [0.25, 0.3) is 11.0 Å². The minimum absolute atomic E-state index is 0.0878. The molecule has 0 radical (unpaired) electrons. The normalized spacial score (nSPS) is 20.5. The highest BCUT2D eigenvalue weighted by Crippen LogP contribution is 2.29. The smallest absolute Gasteiger partial charge is 0.351 e. The van der Waals surface area contributed by atoms with Gasteiger partial charge >= 0.3 is 11.6 Å². The lowest BCUT2D eigenvalue weighted by Gasteiger charge is -2.35. The molecule has 1 aromatic heterocycles. The molecule has 1 aliphatic carbocycles. The maximum Gasteiger partial charge on any atom is 0.351 e. The highest BCUT2D eigenvalue weighted by molar-refractivity contribution is 8.00. The summed E-state index contributed by atoms with van der Waals surface area (Å²) in [5.41, 5.74) is -0.572. The molecule has 0 spiro atoms. The van der Waals surface area contributed by atoms with E-state index in [1.807, 2.05) is 12.2 Å². The van der Waals surface area contributed by atoms with Gasteiger partial charge in [0.25, 0.3) is 0 Å². The van der Waals surface area contributed by atoms with Crippen LogP contribution in [0, 0.1) is 5.92 Å². The monoisotopic (exact) mass is 552 g/mol. The molecule has 0 saturated carbocycles. The molecule has 1 fully saturated rings. The number of methoxy groups -OCH3 is 1. The third kappa shape index (κ3) is 6.92. The van der Waals surface area contributed by atoms with Crippen LogP contribution in [0.15, 0.2) is 60.6 Å². The van der Waals surface area contributed by atoms with Crippen molar-refractivity contribution < 1.29 is 23.5 Å². The standard InChI is InChI=1S/C25H26Cl2N2O6S/c1-33-24(31)19-10-16-9-18(3-5-22(16)35-25(19)32)36-14-23(30)28-11-17-13-29(6-7-34-17)12-15-2-4-20(26)21(27)8-15/h3-5,8-10,15,17H,2,6-7,11-14H2,1H3,(H,28,30)/t15?,17-/m0/s1. The van der Waals surface area contributed by atoms with Gasteiger partial charge in [0.1, 0.15) is 11.1 Å². The predicted molar refractivity (Wildman–Crippen MR) is 140 cm³/mol. The number of amides is 1. The van der Waals surface area contributed by atoms with Crippen molar-refractivity contribution >= 4 is 57.8 Å². The predicted octanol–water partition coefficient (Wildman–Crippen LogP) is 3.75. The van der Waals surface area contributed by atoms with Gasteiger partial charge in [-0.1, -0.05) is 35.4 Å². The van der Waals surface area contributed by atoms with Crippen molar-refractivity contribution in [1.82, 2.24) is 10.2 Å². The molecule has 192 valence electrons. The molecule has 2 aromatic rings. The Morgan fingerprint density at radius 3 is 2.86 bits per heavy atom. The van der Waals surface area contributed by atoms with Gasteiger partial charge in [0.2, 0.25) is 5.91 Å². The van der Waals surface area contributed by atoms with E-state index in [1.54, 1.807) is 18.2 Å². The minimum Gasteiger partial charge on any atom is -0.465 e. The SMILES string of the molecule is COC(=O)c1cc2cc(SCC(=O)NC[C@H]3CN(CC4C=C(Cl)C(Cl)=CC4)CCO3)ccc2oc1=O. The van der Waals surface area contributed by atoms with Crippen molar-refractivity contribution in [2.45, 2.75) is 17.4 Å². The fourth-order valence-corrected chi connectivity index (χ4v) is 5.29. The van der Waals surface area contributed by atoms with Gasteiger partial charge in [-0.05, 0) is 36.6 Å². The molecule has 2 aliphatic rings. The van der Waals surface area contributed by atoms with E-state index in [0.29, 0.717) is 40.1 Å². The van der Waals surface area contributed by atoms with E-state index in [0.717, 1.165) is 31.0 Å². The summed E-state index contributed by atoms with van der Waals surface area (Å²) in [5.74, 6) is -0.353. The molecule has 4 rings (SSSR count). The fraction of sp³-hybridized carbons (Fsp3) is 0.400.